The van der Waals surface area contributed by atoms with Crippen LogP contribution >= 0.6 is 15.9 Å². The van der Waals surface area contributed by atoms with Crippen molar-refractivity contribution in [1.82, 2.24) is 4.90 Å². The lowest BCUT2D eigenvalue weighted by atomic mass is 10.1. The molecule has 0 fully saturated rings. The Morgan fingerprint density at radius 3 is 2.56 bits per heavy atom. The number of carbonyl (C=O) groups is 1. The molecule has 0 saturated heterocycles. The molecular formula is C14H20BrNO2. The molecule has 4 heteroatoms. The lowest BCUT2D eigenvalue weighted by molar-refractivity contribution is 0.0696. The van der Waals surface area contributed by atoms with E-state index in [2.05, 4.69) is 41.6 Å². The van der Waals surface area contributed by atoms with Crippen molar-refractivity contribution in [1.29, 1.82) is 0 Å². The summed E-state index contributed by atoms with van der Waals surface area (Å²) in [4.78, 5) is 13.2. The molecule has 0 unspecified atom stereocenters. The summed E-state index contributed by atoms with van der Waals surface area (Å²) in [6.07, 6.45) is 1.11. The van der Waals surface area contributed by atoms with Gasteiger partial charge in [0.1, 0.15) is 0 Å². The van der Waals surface area contributed by atoms with Crippen molar-refractivity contribution in [2.75, 3.05) is 6.54 Å². The number of hydrogen-bond donors (Lipinski definition) is 1. The molecule has 0 aliphatic carbocycles. The van der Waals surface area contributed by atoms with E-state index in [1.807, 2.05) is 6.07 Å². The first kappa shape index (κ1) is 15.2. The Kier molecular flexibility index (Phi) is 5.82. The first-order valence-corrected chi connectivity index (χ1v) is 7.00. The van der Waals surface area contributed by atoms with Gasteiger partial charge >= 0.3 is 5.97 Å². The highest BCUT2D eigenvalue weighted by Crippen LogP contribution is 2.21. The predicted molar refractivity (Wildman–Crippen MR) is 76.9 cm³/mol. The van der Waals surface area contributed by atoms with E-state index in [9.17, 15) is 4.79 Å². The van der Waals surface area contributed by atoms with Crippen LogP contribution in [0.5, 0.6) is 0 Å². The molecule has 18 heavy (non-hydrogen) atoms. The van der Waals surface area contributed by atoms with Crippen molar-refractivity contribution in [3.8, 4) is 0 Å². The Bertz CT molecular complexity index is 418. The van der Waals surface area contributed by atoms with Crippen molar-refractivity contribution in [2.45, 2.75) is 39.8 Å². The normalized spacial score (nSPS) is 11.2. The fourth-order valence-corrected chi connectivity index (χ4v) is 2.34. The molecular weight excluding hydrogens is 294 g/mol. The minimum atomic E-state index is -0.892. The van der Waals surface area contributed by atoms with Gasteiger partial charge in [0, 0.05) is 17.1 Å². The lowest BCUT2D eigenvalue weighted by Crippen LogP contribution is -2.31. The molecule has 0 aliphatic heterocycles. The molecule has 0 aliphatic rings. The zero-order valence-electron chi connectivity index (χ0n) is 11.1. The summed E-state index contributed by atoms with van der Waals surface area (Å²) in [5.41, 5.74) is 1.44. The molecule has 0 atom stereocenters. The third kappa shape index (κ3) is 4.10. The van der Waals surface area contributed by atoms with Gasteiger partial charge in [-0.2, -0.15) is 0 Å². The molecule has 0 heterocycles. The van der Waals surface area contributed by atoms with Crippen LogP contribution < -0.4 is 0 Å². The standard InChI is InChI=1S/C14H20BrNO2/c1-4-7-16(10(2)3)9-12-6-5-11(14(17)18)8-13(12)15/h5-6,8,10H,4,7,9H2,1-3H3,(H,17,18). The first-order valence-electron chi connectivity index (χ1n) is 6.21. The van der Waals surface area contributed by atoms with E-state index in [1.54, 1.807) is 12.1 Å². The Balaban J connectivity index is 2.86. The van der Waals surface area contributed by atoms with Gasteiger partial charge in [-0.1, -0.05) is 28.9 Å². The van der Waals surface area contributed by atoms with Crippen LogP contribution in [0, 0.1) is 0 Å². The summed E-state index contributed by atoms with van der Waals surface area (Å²) in [6, 6.07) is 5.70. The van der Waals surface area contributed by atoms with Gasteiger partial charge in [0.05, 0.1) is 5.56 Å². The number of carboxylic acids is 1. The average molecular weight is 314 g/mol. The second kappa shape index (κ2) is 6.90. The van der Waals surface area contributed by atoms with E-state index in [0.29, 0.717) is 11.6 Å². The molecule has 0 amide bonds. The van der Waals surface area contributed by atoms with Crippen LogP contribution in [-0.4, -0.2) is 28.6 Å². The minimum absolute atomic E-state index is 0.317. The zero-order chi connectivity index (χ0) is 13.7. The van der Waals surface area contributed by atoms with Gasteiger partial charge in [0.2, 0.25) is 0 Å². The fourth-order valence-electron chi connectivity index (χ4n) is 1.83. The van der Waals surface area contributed by atoms with Gasteiger partial charge in [-0.15, -0.1) is 0 Å². The molecule has 0 aromatic heterocycles. The van der Waals surface area contributed by atoms with Gasteiger partial charge in [0.25, 0.3) is 0 Å². The molecule has 0 radical (unpaired) electrons. The number of benzene rings is 1. The maximum absolute atomic E-state index is 10.9. The van der Waals surface area contributed by atoms with Crippen LogP contribution in [0.1, 0.15) is 43.1 Å². The van der Waals surface area contributed by atoms with Crippen LogP contribution in [0.3, 0.4) is 0 Å². The SMILES string of the molecule is CCCN(Cc1ccc(C(=O)O)cc1Br)C(C)C. The highest BCUT2D eigenvalue weighted by Gasteiger charge is 2.12. The number of aromatic carboxylic acids is 1. The summed E-state index contributed by atoms with van der Waals surface area (Å²) in [6.45, 7) is 8.40. The smallest absolute Gasteiger partial charge is 0.335 e. The molecule has 1 N–H and O–H groups in total. The third-order valence-electron chi connectivity index (χ3n) is 2.91. The van der Waals surface area contributed by atoms with Crippen molar-refractivity contribution in [2.24, 2.45) is 0 Å². The van der Waals surface area contributed by atoms with Crippen molar-refractivity contribution in [3.63, 3.8) is 0 Å². The van der Waals surface area contributed by atoms with Crippen LogP contribution in [-0.2, 0) is 6.54 Å². The number of rotatable bonds is 6. The number of hydrogen-bond acceptors (Lipinski definition) is 2. The predicted octanol–water partition coefficient (Wildman–Crippen LogP) is 3.77. The van der Waals surface area contributed by atoms with Crippen molar-refractivity contribution >= 4 is 21.9 Å². The van der Waals surface area contributed by atoms with Crippen molar-refractivity contribution < 1.29 is 9.90 Å². The van der Waals surface area contributed by atoms with Crippen LogP contribution in [0.4, 0.5) is 0 Å². The Morgan fingerprint density at radius 2 is 2.11 bits per heavy atom. The molecule has 1 rings (SSSR count). The van der Waals surface area contributed by atoms with Gasteiger partial charge in [0.15, 0.2) is 0 Å². The Hall–Kier alpha value is -0.870. The number of carboxylic acid groups (broad SMARTS) is 1. The Morgan fingerprint density at radius 1 is 1.44 bits per heavy atom. The first-order chi connectivity index (χ1) is 8.45. The van der Waals surface area contributed by atoms with Gasteiger partial charge in [-0.05, 0) is 44.5 Å². The maximum Gasteiger partial charge on any atom is 0.335 e. The zero-order valence-corrected chi connectivity index (χ0v) is 12.7. The topological polar surface area (TPSA) is 40.5 Å². The van der Waals surface area contributed by atoms with E-state index in [0.717, 1.165) is 29.5 Å². The quantitative estimate of drug-likeness (QED) is 0.869. The molecule has 3 nitrogen and oxygen atoms in total. The van der Waals surface area contributed by atoms with Gasteiger partial charge in [-0.25, -0.2) is 4.79 Å². The van der Waals surface area contributed by atoms with E-state index in [4.69, 9.17) is 5.11 Å². The molecule has 0 spiro atoms. The Labute approximate surface area is 117 Å². The summed E-state index contributed by atoms with van der Waals surface area (Å²) in [5.74, 6) is -0.892. The molecule has 100 valence electrons. The van der Waals surface area contributed by atoms with E-state index in [-0.39, 0.29) is 0 Å². The highest BCUT2D eigenvalue weighted by molar-refractivity contribution is 9.10. The summed E-state index contributed by atoms with van der Waals surface area (Å²) >= 11 is 3.45. The molecule has 0 bridgehead atoms. The van der Waals surface area contributed by atoms with E-state index >= 15 is 0 Å². The maximum atomic E-state index is 10.9. The summed E-state index contributed by atoms with van der Waals surface area (Å²) in [5, 5.41) is 8.92. The summed E-state index contributed by atoms with van der Waals surface area (Å²) in [7, 11) is 0. The second-order valence-electron chi connectivity index (χ2n) is 4.68. The van der Waals surface area contributed by atoms with Crippen LogP contribution in [0.25, 0.3) is 0 Å². The molecule has 1 aromatic rings. The monoisotopic (exact) mass is 313 g/mol. The largest absolute Gasteiger partial charge is 0.478 e. The van der Waals surface area contributed by atoms with Gasteiger partial charge < -0.3 is 5.11 Å². The third-order valence-corrected chi connectivity index (χ3v) is 3.65. The number of nitrogens with zero attached hydrogens (tertiary/aromatic N) is 1. The van der Waals surface area contributed by atoms with E-state index < -0.39 is 5.97 Å². The molecule has 1 aromatic carbocycles. The van der Waals surface area contributed by atoms with Crippen LogP contribution in [0.2, 0.25) is 0 Å². The summed E-state index contributed by atoms with van der Waals surface area (Å²) < 4.78 is 0.865. The van der Waals surface area contributed by atoms with Gasteiger partial charge in [-0.3, -0.25) is 4.90 Å². The molecule has 0 saturated carbocycles. The average Bonchev–Trinajstić information content (AvgIpc) is 2.30. The minimum Gasteiger partial charge on any atom is -0.478 e. The highest BCUT2D eigenvalue weighted by atomic mass is 79.9. The van der Waals surface area contributed by atoms with Crippen LogP contribution in [0.15, 0.2) is 22.7 Å². The second-order valence-corrected chi connectivity index (χ2v) is 5.53. The lowest BCUT2D eigenvalue weighted by Gasteiger charge is -2.26. The fraction of sp³-hybridized carbons (Fsp3) is 0.500. The van der Waals surface area contributed by atoms with E-state index in [1.165, 1.54) is 0 Å². The number of halogens is 1. The van der Waals surface area contributed by atoms with Crippen molar-refractivity contribution in [3.05, 3.63) is 33.8 Å².